The summed E-state index contributed by atoms with van der Waals surface area (Å²) in [5, 5.41) is 3.53. The van der Waals surface area contributed by atoms with Crippen molar-refractivity contribution in [3.63, 3.8) is 0 Å². The van der Waals surface area contributed by atoms with E-state index >= 15 is 0 Å². The quantitative estimate of drug-likeness (QED) is 0.691. The number of hydrogen-bond donors (Lipinski definition) is 1. The van der Waals surface area contributed by atoms with E-state index < -0.39 is 0 Å². The molecule has 0 saturated carbocycles. The molecule has 1 unspecified atom stereocenters. The van der Waals surface area contributed by atoms with Crippen LogP contribution in [-0.4, -0.2) is 49.8 Å². The lowest BCUT2D eigenvalue weighted by Gasteiger charge is -2.30. The highest BCUT2D eigenvalue weighted by Gasteiger charge is 2.13. The van der Waals surface area contributed by atoms with E-state index in [0.717, 1.165) is 26.2 Å². The summed E-state index contributed by atoms with van der Waals surface area (Å²) in [6.07, 6.45) is 1.19. The number of nitrogens with zero attached hydrogens (tertiary/aromatic N) is 1. The van der Waals surface area contributed by atoms with E-state index in [0.29, 0.717) is 6.04 Å². The van der Waals surface area contributed by atoms with Crippen LogP contribution in [0, 0.1) is 0 Å². The summed E-state index contributed by atoms with van der Waals surface area (Å²) >= 11 is 0. The summed E-state index contributed by atoms with van der Waals surface area (Å²) in [5.41, 5.74) is 0.211. The maximum absolute atomic E-state index is 5.15. The molecule has 1 atom stereocenters. The van der Waals surface area contributed by atoms with Crippen molar-refractivity contribution in [3.8, 4) is 0 Å². The van der Waals surface area contributed by atoms with Crippen LogP contribution in [0.3, 0.4) is 0 Å². The Labute approximate surface area is 102 Å². The van der Waals surface area contributed by atoms with Gasteiger partial charge in [0.15, 0.2) is 0 Å². The average Bonchev–Trinajstić information content (AvgIpc) is 2.20. The summed E-state index contributed by atoms with van der Waals surface area (Å²) < 4.78 is 5.15. The van der Waals surface area contributed by atoms with Crippen LogP contribution >= 0.6 is 0 Å². The van der Waals surface area contributed by atoms with Gasteiger partial charge >= 0.3 is 0 Å². The van der Waals surface area contributed by atoms with Gasteiger partial charge in [0, 0.05) is 38.3 Å². The van der Waals surface area contributed by atoms with E-state index in [1.807, 2.05) is 0 Å². The summed E-state index contributed by atoms with van der Waals surface area (Å²) in [4.78, 5) is 2.49. The molecule has 98 valence electrons. The van der Waals surface area contributed by atoms with Crippen molar-refractivity contribution in [2.45, 2.75) is 52.6 Å². The van der Waals surface area contributed by atoms with E-state index in [9.17, 15) is 0 Å². The van der Waals surface area contributed by atoms with Gasteiger partial charge < -0.3 is 10.1 Å². The minimum atomic E-state index is 0.211. The van der Waals surface area contributed by atoms with Gasteiger partial charge in [0.1, 0.15) is 0 Å². The normalized spacial score (nSPS) is 14.4. The van der Waals surface area contributed by atoms with E-state index in [2.05, 4.69) is 44.8 Å². The second kappa shape index (κ2) is 8.04. The predicted molar refractivity (Wildman–Crippen MR) is 71.0 cm³/mol. The fourth-order valence-electron chi connectivity index (χ4n) is 1.59. The third-order valence-corrected chi connectivity index (χ3v) is 2.85. The van der Waals surface area contributed by atoms with Crippen molar-refractivity contribution in [1.82, 2.24) is 10.2 Å². The van der Waals surface area contributed by atoms with Gasteiger partial charge in [-0.25, -0.2) is 0 Å². The molecule has 0 bridgehead atoms. The second-order valence-corrected chi connectivity index (χ2v) is 5.46. The molecule has 0 aliphatic heterocycles. The molecule has 0 aliphatic rings. The van der Waals surface area contributed by atoms with Crippen LogP contribution < -0.4 is 5.32 Å². The van der Waals surface area contributed by atoms with E-state index in [1.165, 1.54) is 6.42 Å². The molecule has 0 radical (unpaired) electrons. The topological polar surface area (TPSA) is 24.5 Å². The van der Waals surface area contributed by atoms with Gasteiger partial charge in [-0.15, -0.1) is 0 Å². The molecule has 0 aliphatic carbocycles. The highest BCUT2D eigenvalue weighted by Crippen LogP contribution is 2.03. The van der Waals surface area contributed by atoms with Gasteiger partial charge in [0.05, 0.1) is 6.61 Å². The van der Waals surface area contributed by atoms with Gasteiger partial charge in [-0.3, -0.25) is 4.90 Å². The van der Waals surface area contributed by atoms with Crippen LogP contribution in [0.2, 0.25) is 0 Å². The molecule has 0 aromatic carbocycles. The average molecular weight is 230 g/mol. The Morgan fingerprint density at radius 3 is 2.31 bits per heavy atom. The molecular weight excluding hydrogens is 200 g/mol. The molecule has 0 aromatic rings. The third kappa shape index (κ3) is 8.08. The molecule has 0 rings (SSSR count). The largest absolute Gasteiger partial charge is 0.383 e. The Morgan fingerprint density at radius 1 is 1.25 bits per heavy atom. The molecule has 0 saturated heterocycles. The van der Waals surface area contributed by atoms with E-state index in [4.69, 9.17) is 4.74 Å². The monoisotopic (exact) mass is 230 g/mol. The highest BCUT2D eigenvalue weighted by atomic mass is 16.5. The maximum atomic E-state index is 5.15. The lowest BCUT2D eigenvalue weighted by Crippen LogP contribution is -2.44. The first-order valence-corrected chi connectivity index (χ1v) is 6.38. The third-order valence-electron chi connectivity index (χ3n) is 2.85. The first-order valence-electron chi connectivity index (χ1n) is 6.38. The smallest absolute Gasteiger partial charge is 0.0589 e. The summed E-state index contributed by atoms with van der Waals surface area (Å²) in [6, 6.07) is 0.636. The molecule has 3 heteroatoms. The fraction of sp³-hybridized carbons (Fsp3) is 1.00. The van der Waals surface area contributed by atoms with Crippen molar-refractivity contribution >= 4 is 0 Å². The molecule has 0 heterocycles. The zero-order chi connectivity index (χ0) is 12.6. The van der Waals surface area contributed by atoms with Crippen LogP contribution in [0.15, 0.2) is 0 Å². The van der Waals surface area contributed by atoms with Crippen molar-refractivity contribution in [2.24, 2.45) is 0 Å². The molecule has 0 spiro atoms. The van der Waals surface area contributed by atoms with Gasteiger partial charge in [-0.1, -0.05) is 6.92 Å². The minimum Gasteiger partial charge on any atom is -0.383 e. The fourth-order valence-corrected chi connectivity index (χ4v) is 1.59. The Balaban J connectivity index is 3.91. The predicted octanol–water partition coefficient (Wildman–Crippen LogP) is 2.12. The Kier molecular flexibility index (Phi) is 7.98. The van der Waals surface area contributed by atoms with Crippen molar-refractivity contribution in [1.29, 1.82) is 0 Å². The standard InChI is InChI=1S/C13H30N2O/c1-7-12(2)15(10-11-16-6)9-8-14-13(3,4)5/h12,14H,7-11H2,1-6H3. The van der Waals surface area contributed by atoms with Gasteiger partial charge in [-0.05, 0) is 34.1 Å². The first kappa shape index (κ1) is 15.9. The van der Waals surface area contributed by atoms with Crippen LogP contribution in [0.25, 0.3) is 0 Å². The summed E-state index contributed by atoms with van der Waals surface area (Å²) in [7, 11) is 1.77. The van der Waals surface area contributed by atoms with Gasteiger partial charge in [0.2, 0.25) is 0 Å². The van der Waals surface area contributed by atoms with Crippen LogP contribution in [0.5, 0.6) is 0 Å². The van der Waals surface area contributed by atoms with E-state index in [-0.39, 0.29) is 5.54 Å². The van der Waals surface area contributed by atoms with Crippen LogP contribution in [0.1, 0.15) is 41.0 Å². The van der Waals surface area contributed by atoms with Gasteiger partial charge in [-0.2, -0.15) is 0 Å². The van der Waals surface area contributed by atoms with Crippen LogP contribution in [0.4, 0.5) is 0 Å². The van der Waals surface area contributed by atoms with Crippen LogP contribution in [-0.2, 0) is 4.74 Å². The summed E-state index contributed by atoms with van der Waals surface area (Å²) in [5.74, 6) is 0. The number of hydrogen-bond acceptors (Lipinski definition) is 3. The first-order chi connectivity index (χ1) is 7.40. The number of nitrogens with one attached hydrogen (secondary N) is 1. The van der Waals surface area contributed by atoms with Crippen molar-refractivity contribution in [3.05, 3.63) is 0 Å². The molecule has 3 nitrogen and oxygen atoms in total. The molecule has 1 N–H and O–H groups in total. The minimum absolute atomic E-state index is 0.211. The zero-order valence-electron chi connectivity index (χ0n) is 12.0. The maximum Gasteiger partial charge on any atom is 0.0589 e. The summed E-state index contributed by atoms with van der Waals surface area (Å²) in [6.45, 7) is 15.1. The second-order valence-electron chi connectivity index (χ2n) is 5.46. The molecule has 16 heavy (non-hydrogen) atoms. The number of rotatable bonds is 8. The molecule has 0 amide bonds. The van der Waals surface area contributed by atoms with Gasteiger partial charge in [0.25, 0.3) is 0 Å². The highest BCUT2D eigenvalue weighted by molar-refractivity contribution is 4.73. The van der Waals surface area contributed by atoms with E-state index in [1.54, 1.807) is 7.11 Å². The number of methoxy groups -OCH3 is 1. The zero-order valence-corrected chi connectivity index (χ0v) is 12.0. The molecule has 0 aromatic heterocycles. The molecule has 0 fully saturated rings. The van der Waals surface area contributed by atoms with Crippen molar-refractivity contribution in [2.75, 3.05) is 33.4 Å². The Bertz CT molecular complexity index is 166. The lowest BCUT2D eigenvalue weighted by atomic mass is 10.1. The Hall–Kier alpha value is -0.120. The number of ether oxygens (including phenoxy) is 1. The molecular formula is C13H30N2O. The SMILES string of the molecule is CCC(C)N(CCNC(C)(C)C)CCOC. The van der Waals surface area contributed by atoms with Crippen molar-refractivity contribution < 1.29 is 4.74 Å². The Morgan fingerprint density at radius 2 is 1.88 bits per heavy atom. The lowest BCUT2D eigenvalue weighted by molar-refractivity contribution is 0.122.